The van der Waals surface area contributed by atoms with E-state index in [1.807, 2.05) is 41.9 Å². The maximum Gasteiger partial charge on any atom is 0.305 e. The largest absolute Gasteiger partial charge is 0.454 e. The number of aromatic nitrogens is 2. The molecule has 3 heterocycles. The first-order valence-corrected chi connectivity index (χ1v) is 11.3. The second-order valence-electron chi connectivity index (χ2n) is 7.30. The van der Waals surface area contributed by atoms with E-state index >= 15 is 0 Å². The quantitative estimate of drug-likeness (QED) is 0.416. The third kappa shape index (κ3) is 4.44. The lowest BCUT2D eigenvalue weighted by atomic mass is 10.3. The van der Waals surface area contributed by atoms with Crippen molar-refractivity contribution in [1.29, 1.82) is 0 Å². The van der Waals surface area contributed by atoms with Crippen molar-refractivity contribution in [2.75, 3.05) is 13.1 Å². The molecule has 0 saturated heterocycles. The number of para-hydroxylation sites is 1. The zero-order valence-electron chi connectivity index (χ0n) is 18.2. The van der Waals surface area contributed by atoms with Gasteiger partial charge in [-0.2, -0.15) is 5.10 Å². The van der Waals surface area contributed by atoms with Crippen LogP contribution in [0.15, 0.2) is 52.9 Å². The number of hydrazine groups is 1. The second-order valence-corrected chi connectivity index (χ2v) is 8.33. The van der Waals surface area contributed by atoms with Crippen LogP contribution in [0.5, 0.6) is 0 Å². The predicted molar refractivity (Wildman–Crippen MR) is 124 cm³/mol. The van der Waals surface area contributed by atoms with Crippen LogP contribution < -0.4 is 10.9 Å². The van der Waals surface area contributed by atoms with Crippen LogP contribution in [0.2, 0.25) is 0 Å². The SMILES string of the molecule is CCN(CC)Cc1ccc(C(=O)NNC(=O)c2cc3c(C)nn(-c4ccccc4)c3s2)o1. The third-order valence-electron chi connectivity index (χ3n) is 5.22. The van der Waals surface area contributed by atoms with Gasteiger partial charge in [-0.1, -0.05) is 32.0 Å². The Balaban J connectivity index is 1.43. The van der Waals surface area contributed by atoms with Gasteiger partial charge in [-0.25, -0.2) is 4.68 Å². The molecule has 0 spiro atoms. The summed E-state index contributed by atoms with van der Waals surface area (Å²) in [5.41, 5.74) is 6.65. The van der Waals surface area contributed by atoms with Crippen molar-refractivity contribution in [3.8, 4) is 5.69 Å². The highest BCUT2D eigenvalue weighted by molar-refractivity contribution is 7.20. The molecule has 0 aliphatic heterocycles. The molecule has 0 saturated carbocycles. The first-order chi connectivity index (χ1) is 15.5. The molecule has 0 fully saturated rings. The molecule has 0 aliphatic rings. The summed E-state index contributed by atoms with van der Waals surface area (Å²) in [7, 11) is 0. The zero-order valence-corrected chi connectivity index (χ0v) is 19.0. The minimum Gasteiger partial charge on any atom is -0.454 e. The molecule has 4 aromatic rings. The lowest BCUT2D eigenvalue weighted by Gasteiger charge is -2.15. The molecule has 0 bridgehead atoms. The van der Waals surface area contributed by atoms with E-state index in [9.17, 15) is 9.59 Å². The van der Waals surface area contributed by atoms with E-state index in [1.165, 1.54) is 11.3 Å². The van der Waals surface area contributed by atoms with Gasteiger partial charge in [-0.05, 0) is 50.3 Å². The smallest absolute Gasteiger partial charge is 0.305 e. The van der Waals surface area contributed by atoms with E-state index < -0.39 is 11.8 Å². The standard InChI is InChI=1S/C23H25N5O3S/c1-4-27(5-2)14-17-11-12-19(31-17)21(29)24-25-22(30)20-13-18-15(3)26-28(23(18)32-20)16-9-7-6-8-10-16/h6-13H,4-5,14H2,1-3H3,(H,24,29)(H,25,30). The van der Waals surface area contributed by atoms with Crippen LogP contribution in [0.25, 0.3) is 15.9 Å². The normalized spacial score (nSPS) is 11.2. The summed E-state index contributed by atoms with van der Waals surface area (Å²) < 4.78 is 7.44. The Kier molecular flexibility index (Phi) is 6.38. The van der Waals surface area contributed by atoms with Crippen LogP contribution in [-0.4, -0.2) is 39.6 Å². The molecule has 2 N–H and O–H groups in total. The molecule has 0 radical (unpaired) electrons. The van der Waals surface area contributed by atoms with Gasteiger partial charge in [0.2, 0.25) is 0 Å². The summed E-state index contributed by atoms with van der Waals surface area (Å²) in [6.07, 6.45) is 0. The molecule has 9 heteroatoms. The first kappa shape index (κ1) is 21.8. The number of hydrogen-bond acceptors (Lipinski definition) is 6. The Hall–Kier alpha value is -3.43. The maximum absolute atomic E-state index is 12.7. The van der Waals surface area contributed by atoms with Crippen molar-refractivity contribution in [3.05, 3.63) is 70.6 Å². The van der Waals surface area contributed by atoms with Gasteiger partial charge in [0.05, 0.1) is 22.8 Å². The van der Waals surface area contributed by atoms with Crippen molar-refractivity contribution in [2.45, 2.75) is 27.3 Å². The molecule has 166 valence electrons. The van der Waals surface area contributed by atoms with Crippen LogP contribution in [0.3, 0.4) is 0 Å². The highest BCUT2D eigenvalue weighted by Gasteiger charge is 2.19. The van der Waals surface area contributed by atoms with Crippen molar-refractivity contribution in [2.24, 2.45) is 0 Å². The van der Waals surface area contributed by atoms with Crippen molar-refractivity contribution in [3.63, 3.8) is 0 Å². The van der Waals surface area contributed by atoms with E-state index in [4.69, 9.17) is 4.42 Å². The number of hydrogen-bond donors (Lipinski definition) is 2. The summed E-state index contributed by atoms with van der Waals surface area (Å²) in [6, 6.07) is 14.9. The first-order valence-electron chi connectivity index (χ1n) is 10.5. The number of rotatable bonds is 7. The molecular formula is C23H25N5O3S. The number of nitrogens with one attached hydrogen (secondary N) is 2. The fourth-order valence-corrected chi connectivity index (χ4v) is 4.47. The number of carbonyl (C=O) groups is 2. The summed E-state index contributed by atoms with van der Waals surface area (Å²) in [5, 5.41) is 5.48. The number of nitrogens with zero attached hydrogens (tertiary/aromatic N) is 3. The molecule has 3 aromatic heterocycles. The fourth-order valence-electron chi connectivity index (χ4n) is 3.39. The predicted octanol–water partition coefficient (Wildman–Crippen LogP) is 3.91. The van der Waals surface area contributed by atoms with Gasteiger partial charge >= 0.3 is 5.91 Å². The minimum atomic E-state index is -0.503. The number of aryl methyl sites for hydroxylation is 1. The fraction of sp³-hybridized carbons (Fsp3) is 0.261. The van der Waals surface area contributed by atoms with Crippen LogP contribution in [0, 0.1) is 6.92 Å². The molecule has 0 aliphatic carbocycles. The highest BCUT2D eigenvalue weighted by atomic mass is 32.1. The topological polar surface area (TPSA) is 92.4 Å². The van der Waals surface area contributed by atoms with E-state index in [2.05, 4.69) is 34.7 Å². The van der Waals surface area contributed by atoms with Gasteiger partial charge in [0, 0.05) is 5.39 Å². The van der Waals surface area contributed by atoms with Crippen LogP contribution >= 0.6 is 11.3 Å². The Labute approximate surface area is 189 Å². The van der Waals surface area contributed by atoms with E-state index in [0.717, 1.165) is 34.7 Å². The molecule has 8 nitrogen and oxygen atoms in total. The van der Waals surface area contributed by atoms with Gasteiger partial charge in [-0.3, -0.25) is 25.3 Å². The molecule has 4 rings (SSSR count). The Bertz CT molecular complexity index is 1240. The van der Waals surface area contributed by atoms with Gasteiger partial charge in [0.1, 0.15) is 10.6 Å². The highest BCUT2D eigenvalue weighted by Crippen LogP contribution is 2.30. The third-order valence-corrected chi connectivity index (χ3v) is 6.33. The monoisotopic (exact) mass is 451 g/mol. The Morgan fingerprint density at radius 1 is 1.06 bits per heavy atom. The minimum absolute atomic E-state index is 0.152. The van der Waals surface area contributed by atoms with Crippen molar-refractivity contribution in [1.82, 2.24) is 25.5 Å². The average Bonchev–Trinajstić information content (AvgIpc) is 3.53. The van der Waals surface area contributed by atoms with Crippen molar-refractivity contribution >= 4 is 33.4 Å². The average molecular weight is 452 g/mol. The maximum atomic E-state index is 12.7. The number of furan rings is 1. The van der Waals surface area contributed by atoms with Gasteiger partial charge in [0.25, 0.3) is 5.91 Å². The van der Waals surface area contributed by atoms with Crippen LogP contribution in [0.1, 0.15) is 45.5 Å². The van der Waals surface area contributed by atoms with E-state index in [-0.39, 0.29) is 5.76 Å². The van der Waals surface area contributed by atoms with Crippen LogP contribution in [-0.2, 0) is 6.54 Å². The van der Waals surface area contributed by atoms with Gasteiger partial charge in [0.15, 0.2) is 5.76 Å². The van der Waals surface area contributed by atoms with Gasteiger partial charge in [-0.15, -0.1) is 11.3 Å². The Morgan fingerprint density at radius 3 is 2.50 bits per heavy atom. The number of fused-ring (bicyclic) bond motifs is 1. The van der Waals surface area contributed by atoms with Crippen molar-refractivity contribution < 1.29 is 14.0 Å². The lowest BCUT2D eigenvalue weighted by molar-refractivity contribution is 0.0830. The Morgan fingerprint density at radius 2 is 1.78 bits per heavy atom. The molecular weight excluding hydrogens is 426 g/mol. The second kappa shape index (κ2) is 9.37. The molecule has 32 heavy (non-hydrogen) atoms. The molecule has 2 amide bonds. The summed E-state index contributed by atoms with van der Waals surface area (Å²) in [4.78, 5) is 28.6. The number of thiophene rings is 1. The van der Waals surface area contributed by atoms with Crippen LogP contribution in [0.4, 0.5) is 0 Å². The molecule has 0 unspecified atom stereocenters. The van der Waals surface area contributed by atoms with E-state index in [1.54, 1.807) is 18.2 Å². The number of benzene rings is 1. The summed E-state index contributed by atoms with van der Waals surface area (Å²) >= 11 is 1.32. The molecule has 0 atom stereocenters. The zero-order chi connectivity index (χ0) is 22.7. The lowest BCUT2D eigenvalue weighted by Crippen LogP contribution is -2.41. The number of carbonyl (C=O) groups excluding carboxylic acids is 2. The van der Waals surface area contributed by atoms with E-state index in [0.29, 0.717) is 17.2 Å². The summed E-state index contributed by atoms with van der Waals surface area (Å²) in [5.74, 6) is -0.0413. The number of amides is 2. The van der Waals surface area contributed by atoms with Gasteiger partial charge < -0.3 is 4.42 Å². The summed E-state index contributed by atoms with van der Waals surface area (Å²) in [6.45, 7) is 8.47. The molecule has 1 aromatic carbocycles.